The van der Waals surface area contributed by atoms with Gasteiger partial charge in [0.25, 0.3) is 0 Å². The van der Waals surface area contributed by atoms with Crippen molar-refractivity contribution in [1.82, 2.24) is 5.32 Å². The van der Waals surface area contributed by atoms with E-state index >= 15 is 0 Å². The molecule has 0 heterocycles. The number of rotatable bonds is 8. The van der Waals surface area contributed by atoms with E-state index in [0.717, 1.165) is 5.56 Å². The molecular weight excluding hydrogens is 302 g/mol. The van der Waals surface area contributed by atoms with Gasteiger partial charge in [0.05, 0.1) is 5.75 Å². The molecule has 0 unspecified atom stereocenters. The second kappa shape index (κ2) is 8.84. The molecule has 0 saturated heterocycles. The van der Waals surface area contributed by atoms with Crippen molar-refractivity contribution in [2.24, 2.45) is 0 Å². The van der Waals surface area contributed by atoms with Crippen molar-refractivity contribution in [3.8, 4) is 0 Å². The van der Waals surface area contributed by atoms with E-state index in [0.29, 0.717) is 10.8 Å². The van der Waals surface area contributed by atoms with E-state index in [2.05, 4.69) is 5.32 Å². The number of hydrogen-bond donors (Lipinski definition) is 3. The molecule has 0 aliphatic heterocycles. The number of carbonyl (C=O) groups excluding carboxylic acids is 1. The smallest absolute Gasteiger partial charge is 0.332 e. The minimum atomic E-state index is -1.43. The van der Waals surface area contributed by atoms with E-state index in [-0.39, 0.29) is 24.6 Å². The third-order valence-electron chi connectivity index (χ3n) is 2.44. The van der Waals surface area contributed by atoms with Gasteiger partial charge in [0.15, 0.2) is 6.10 Å². The molecule has 1 atom stereocenters. The van der Waals surface area contributed by atoms with Gasteiger partial charge in [-0.05, 0) is 17.7 Å². The first-order chi connectivity index (χ1) is 9.49. The Labute approximate surface area is 126 Å². The molecule has 0 saturated carbocycles. The molecular formula is C13H16ClNO4S. The summed E-state index contributed by atoms with van der Waals surface area (Å²) in [6.45, 7) is 0.147. The zero-order chi connectivity index (χ0) is 15.0. The fourth-order valence-electron chi connectivity index (χ4n) is 1.37. The highest BCUT2D eigenvalue weighted by Gasteiger charge is 2.12. The van der Waals surface area contributed by atoms with Crippen LogP contribution in [0, 0.1) is 0 Å². The molecule has 0 aliphatic rings. The first-order valence-corrected chi connectivity index (χ1v) is 7.52. The van der Waals surface area contributed by atoms with E-state index in [1.54, 1.807) is 12.1 Å². The third kappa shape index (κ3) is 6.79. The van der Waals surface area contributed by atoms with Crippen molar-refractivity contribution in [3.63, 3.8) is 0 Å². The second-order valence-electron chi connectivity index (χ2n) is 4.11. The van der Waals surface area contributed by atoms with Gasteiger partial charge in [0.2, 0.25) is 5.91 Å². The largest absolute Gasteiger partial charge is 0.479 e. The van der Waals surface area contributed by atoms with Gasteiger partial charge in [0, 0.05) is 23.7 Å². The summed E-state index contributed by atoms with van der Waals surface area (Å²) in [5.41, 5.74) is 1.08. The minimum absolute atomic E-state index is 0.00290. The highest BCUT2D eigenvalue weighted by atomic mass is 35.5. The van der Waals surface area contributed by atoms with Crippen molar-refractivity contribution >= 4 is 35.2 Å². The molecule has 0 bridgehead atoms. The molecule has 3 N–H and O–H groups in total. The Balaban J connectivity index is 2.14. The Morgan fingerprint density at radius 2 is 1.95 bits per heavy atom. The number of benzene rings is 1. The summed E-state index contributed by atoms with van der Waals surface area (Å²) in [5, 5.41) is 20.7. The highest BCUT2D eigenvalue weighted by Crippen LogP contribution is 2.15. The summed E-state index contributed by atoms with van der Waals surface area (Å²) < 4.78 is 0. The zero-order valence-electron chi connectivity index (χ0n) is 10.7. The summed E-state index contributed by atoms with van der Waals surface area (Å²) in [4.78, 5) is 21.8. The number of amides is 1. The molecule has 0 spiro atoms. The summed E-state index contributed by atoms with van der Waals surface area (Å²) in [6, 6.07) is 7.39. The van der Waals surface area contributed by atoms with Crippen molar-refractivity contribution in [2.45, 2.75) is 18.3 Å². The van der Waals surface area contributed by atoms with E-state index in [1.165, 1.54) is 11.8 Å². The minimum Gasteiger partial charge on any atom is -0.479 e. The number of aliphatic hydroxyl groups is 1. The summed E-state index contributed by atoms with van der Waals surface area (Å²) in [7, 11) is 0. The van der Waals surface area contributed by atoms with Crippen molar-refractivity contribution in [2.75, 3.05) is 12.3 Å². The molecule has 1 amide bonds. The first-order valence-electron chi connectivity index (χ1n) is 5.99. The second-order valence-corrected chi connectivity index (χ2v) is 5.53. The third-order valence-corrected chi connectivity index (χ3v) is 3.70. The Hall–Kier alpha value is -1.24. The quantitative estimate of drug-likeness (QED) is 0.677. The SMILES string of the molecule is O=C(CSCc1ccc(Cl)cc1)NCC[C@H](O)C(=O)O. The van der Waals surface area contributed by atoms with E-state index in [9.17, 15) is 9.59 Å². The van der Waals surface area contributed by atoms with Gasteiger partial charge in [-0.2, -0.15) is 0 Å². The normalized spacial score (nSPS) is 11.9. The van der Waals surface area contributed by atoms with Crippen LogP contribution in [0.4, 0.5) is 0 Å². The van der Waals surface area contributed by atoms with Crippen LogP contribution in [0.2, 0.25) is 5.02 Å². The molecule has 20 heavy (non-hydrogen) atoms. The van der Waals surface area contributed by atoms with Crippen LogP contribution in [0.15, 0.2) is 24.3 Å². The number of hydrogen-bond acceptors (Lipinski definition) is 4. The molecule has 1 aromatic rings. The maximum Gasteiger partial charge on any atom is 0.332 e. The maximum absolute atomic E-state index is 11.5. The van der Waals surface area contributed by atoms with Crippen molar-refractivity contribution in [3.05, 3.63) is 34.9 Å². The van der Waals surface area contributed by atoms with Crippen LogP contribution < -0.4 is 5.32 Å². The average molecular weight is 318 g/mol. The average Bonchev–Trinajstić information content (AvgIpc) is 2.40. The predicted octanol–water partition coefficient (Wildman–Crippen LogP) is 1.52. The van der Waals surface area contributed by atoms with Crippen molar-refractivity contribution < 1.29 is 19.8 Å². The van der Waals surface area contributed by atoms with Gasteiger partial charge in [-0.3, -0.25) is 4.79 Å². The molecule has 0 aromatic heterocycles. The van der Waals surface area contributed by atoms with Crippen LogP contribution in [0.25, 0.3) is 0 Å². The molecule has 5 nitrogen and oxygen atoms in total. The fraction of sp³-hybridized carbons (Fsp3) is 0.385. The predicted molar refractivity (Wildman–Crippen MR) is 78.9 cm³/mol. The number of thioether (sulfide) groups is 1. The Bertz CT molecular complexity index is 452. The molecule has 110 valence electrons. The zero-order valence-corrected chi connectivity index (χ0v) is 12.3. The number of aliphatic carboxylic acids is 1. The lowest BCUT2D eigenvalue weighted by Gasteiger charge is -2.07. The Morgan fingerprint density at radius 1 is 1.30 bits per heavy atom. The Morgan fingerprint density at radius 3 is 2.55 bits per heavy atom. The number of carboxylic acid groups (broad SMARTS) is 1. The van der Waals surface area contributed by atoms with Gasteiger partial charge >= 0.3 is 5.97 Å². The van der Waals surface area contributed by atoms with Crippen LogP contribution in [-0.4, -0.2) is 40.5 Å². The molecule has 0 aliphatic carbocycles. The van der Waals surface area contributed by atoms with Gasteiger partial charge < -0.3 is 15.5 Å². The van der Waals surface area contributed by atoms with Gasteiger partial charge in [-0.1, -0.05) is 23.7 Å². The standard InChI is InChI=1S/C13H16ClNO4S/c14-10-3-1-9(2-4-10)7-20-8-12(17)15-6-5-11(16)13(18)19/h1-4,11,16H,5-8H2,(H,15,17)(H,18,19)/t11-/m0/s1. The fourth-order valence-corrected chi connectivity index (χ4v) is 2.31. The molecule has 1 rings (SSSR count). The monoisotopic (exact) mass is 317 g/mol. The maximum atomic E-state index is 11.5. The number of aliphatic hydroxyl groups excluding tert-OH is 1. The molecule has 1 aromatic carbocycles. The van der Waals surface area contributed by atoms with Crippen LogP contribution in [-0.2, 0) is 15.3 Å². The lowest BCUT2D eigenvalue weighted by Crippen LogP contribution is -2.31. The van der Waals surface area contributed by atoms with Crippen LogP contribution in [0.3, 0.4) is 0 Å². The number of carboxylic acids is 1. The lowest BCUT2D eigenvalue weighted by molar-refractivity contribution is -0.147. The van der Waals surface area contributed by atoms with E-state index < -0.39 is 12.1 Å². The highest BCUT2D eigenvalue weighted by molar-refractivity contribution is 7.99. The summed E-state index contributed by atoms with van der Waals surface area (Å²) >= 11 is 7.22. The van der Waals surface area contributed by atoms with Crippen LogP contribution in [0.5, 0.6) is 0 Å². The van der Waals surface area contributed by atoms with E-state index in [1.807, 2.05) is 12.1 Å². The molecule has 7 heteroatoms. The van der Waals surface area contributed by atoms with Gasteiger partial charge in [-0.15, -0.1) is 11.8 Å². The number of nitrogens with one attached hydrogen (secondary N) is 1. The van der Waals surface area contributed by atoms with E-state index in [4.69, 9.17) is 21.8 Å². The lowest BCUT2D eigenvalue weighted by atomic mass is 10.2. The number of halogens is 1. The van der Waals surface area contributed by atoms with Gasteiger partial charge in [0.1, 0.15) is 0 Å². The van der Waals surface area contributed by atoms with Crippen LogP contribution in [0.1, 0.15) is 12.0 Å². The summed E-state index contributed by atoms with van der Waals surface area (Å²) in [5.74, 6) is -0.480. The summed E-state index contributed by atoms with van der Waals surface area (Å²) in [6.07, 6.45) is -1.43. The number of carbonyl (C=O) groups is 2. The Kier molecular flexibility index (Phi) is 7.43. The van der Waals surface area contributed by atoms with Crippen LogP contribution >= 0.6 is 23.4 Å². The topological polar surface area (TPSA) is 86.6 Å². The molecule has 0 radical (unpaired) electrons. The van der Waals surface area contributed by atoms with Gasteiger partial charge in [-0.25, -0.2) is 4.79 Å². The van der Waals surface area contributed by atoms with Crippen molar-refractivity contribution in [1.29, 1.82) is 0 Å². The first kappa shape index (κ1) is 16.8. The molecule has 0 fully saturated rings.